The lowest BCUT2D eigenvalue weighted by atomic mass is 10.1. The van der Waals surface area contributed by atoms with Crippen LogP contribution in [0.4, 0.5) is 17.3 Å². The van der Waals surface area contributed by atoms with Gasteiger partial charge in [-0.05, 0) is 23.6 Å². The van der Waals surface area contributed by atoms with Crippen molar-refractivity contribution >= 4 is 48.3 Å². The average Bonchev–Trinajstić information content (AvgIpc) is 3.04. The lowest BCUT2D eigenvalue weighted by Crippen LogP contribution is -2.02. The predicted molar refractivity (Wildman–Crippen MR) is 90.2 cm³/mol. The van der Waals surface area contributed by atoms with Crippen LogP contribution in [-0.2, 0) is 20.2 Å². The van der Waals surface area contributed by atoms with Crippen LogP contribution < -0.4 is 5.73 Å². The molecule has 15 heteroatoms. The molecule has 0 aliphatic heterocycles. The molecule has 0 atom stereocenters. The van der Waals surface area contributed by atoms with Crippen LogP contribution in [0.3, 0.4) is 0 Å². The van der Waals surface area contributed by atoms with Crippen LogP contribution in [0.2, 0.25) is 0 Å². The second kappa shape index (κ2) is 6.23. The number of nitrogens with one attached hydrogen (secondary N) is 1. The van der Waals surface area contributed by atoms with Gasteiger partial charge < -0.3 is 10.8 Å². The van der Waals surface area contributed by atoms with E-state index in [1.54, 1.807) is 0 Å². The van der Waals surface area contributed by atoms with Crippen molar-refractivity contribution < 1.29 is 31.0 Å². The topological polar surface area (TPSA) is 221 Å². The molecule has 0 aliphatic carbocycles. The Morgan fingerprint density at radius 3 is 2.30 bits per heavy atom. The van der Waals surface area contributed by atoms with Gasteiger partial charge in [0.25, 0.3) is 26.2 Å². The maximum Gasteiger partial charge on any atom is 0.296 e. The van der Waals surface area contributed by atoms with Gasteiger partial charge in [0.2, 0.25) is 0 Å². The van der Waals surface area contributed by atoms with Crippen molar-refractivity contribution in [2.24, 2.45) is 10.2 Å². The summed E-state index contributed by atoms with van der Waals surface area (Å²) in [6.45, 7) is 0. The summed E-state index contributed by atoms with van der Waals surface area (Å²) >= 11 is 0. The van der Waals surface area contributed by atoms with Crippen LogP contribution in [0.5, 0.6) is 5.75 Å². The Hall–Kier alpha value is -3.14. The molecule has 0 amide bonds. The number of aromatic hydroxyl groups is 1. The van der Waals surface area contributed by atoms with Crippen molar-refractivity contribution in [1.82, 2.24) is 15.2 Å². The van der Waals surface area contributed by atoms with E-state index in [1.165, 1.54) is 0 Å². The maximum absolute atomic E-state index is 11.7. The molecule has 0 radical (unpaired) electrons. The molecule has 27 heavy (non-hydrogen) atoms. The molecule has 6 N–H and O–H groups in total. The minimum Gasteiger partial charge on any atom is -0.505 e. The minimum atomic E-state index is -4.91. The Bertz CT molecular complexity index is 1280. The molecule has 0 saturated heterocycles. The number of hydrogen-bond donors (Lipinski definition) is 5. The molecule has 0 unspecified atom stereocenters. The van der Waals surface area contributed by atoms with E-state index in [1.807, 2.05) is 0 Å². The third-order valence-corrected chi connectivity index (χ3v) is 5.08. The number of nitrogen functional groups attached to an aromatic ring is 1. The van der Waals surface area contributed by atoms with E-state index in [4.69, 9.17) is 10.3 Å². The lowest BCUT2D eigenvalue weighted by molar-refractivity contribution is 0.472. The maximum atomic E-state index is 11.7. The largest absolute Gasteiger partial charge is 0.505 e. The fourth-order valence-corrected chi connectivity index (χ4v) is 3.49. The molecule has 142 valence electrons. The highest BCUT2D eigenvalue weighted by Gasteiger charge is 2.24. The van der Waals surface area contributed by atoms with Crippen LogP contribution in [0.25, 0.3) is 10.8 Å². The highest BCUT2D eigenvalue weighted by molar-refractivity contribution is 7.86. The number of anilines is 1. The van der Waals surface area contributed by atoms with Crippen LogP contribution in [0.15, 0.2) is 44.5 Å². The van der Waals surface area contributed by atoms with Crippen molar-refractivity contribution in [2.45, 2.75) is 9.79 Å². The van der Waals surface area contributed by atoms with E-state index in [9.17, 15) is 26.5 Å². The average molecular weight is 414 g/mol. The van der Waals surface area contributed by atoms with Gasteiger partial charge in [0.1, 0.15) is 16.9 Å². The first-order valence-electron chi connectivity index (χ1n) is 6.80. The Kier molecular flexibility index (Phi) is 4.31. The van der Waals surface area contributed by atoms with Crippen molar-refractivity contribution in [3.63, 3.8) is 0 Å². The standard InChI is InChI=1S/C12H10N6O7S2/c13-7-3-6(26(20,21)22)1-5-2-8(27(23,24)25)10(11(19)9(5)7)16-18-12-14-4-15-17-12/h1-4,19H,13H2,(H,14,15,17)(H,20,21,22)(H,23,24,25). The van der Waals surface area contributed by atoms with Gasteiger partial charge in [-0.1, -0.05) is 0 Å². The van der Waals surface area contributed by atoms with Crippen molar-refractivity contribution in [3.8, 4) is 5.75 Å². The summed E-state index contributed by atoms with van der Waals surface area (Å²) in [6, 6.07) is 2.55. The number of nitrogens with zero attached hydrogens (tertiary/aromatic N) is 4. The van der Waals surface area contributed by atoms with E-state index in [0.717, 1.165) is 24.5 Å². The van der Waals surface area contributed by atoms with E-state index in [-0.39, 0.29) is 22.4 Å². The van der Waals surface area contributed by atoms with Crippen molar-refractivity contribution in [3.05, 3.63) is 24.5 Å². The van der Waals surface area contributed by atoms with Crippen molar-refractivity contribution in [1.29, 1.82) is 0 Å². The number of hydrogen-bond acceptors (Lipinski definition) is 10. The number of H-pyrrole nitrogens is 1. The minimum absolute atomic E-state index is 0.120. The van der Waals surface area contributed by atoms with Gasteiger partial charge in [-0.2, -0.15) is 26.9 Å². The Balaban J connectivity index is 2.38. The molecular formula is C12H10N6O7S2. The molecule has 1 aromatic heterocycles. The normalized spacial score (nSPS) is 12.8. The van der Waals surface area contributed by atoms with Gasteiger partial charge in [0.15, 0.2) is 5.75 Å². The van der Waals surface area contributed by atoms with E-state index < -0.39 is 41.5 Å². The van der Waals surface area contributed by atoms with Crippen LogP contribution in [-0.4, -0.2) is 46.2 Å². The quantitative estimate of drug-likeness (QED) is 0.233. The zero-order chi connectivity index (χ0) is 20.0. The fourth-order valence-electron chi connectivity index (χ4n) is 2.28. The Labute approximate surface area is 151 Å². The summed E-state index contributed by atoms with van der Waals surface area (Å²) in [6.07, 6.45) is 1.10. The summed E-state index contributed by atoms with van der Waals surface area (Å²) in [7, 11) is -9.58. The molecule has 2 aromatic carbocycles. The Morgan fingerprint density at radius 2 is 1.74 bits per heavy atom. The number of nitrogens with two attached hydrogens (primary N) is 1. The Morgan fingerprint density at radius 1 is 1.04 bits per heavy atom. The summed E-state index contributed by atoms with van der Waals surface area (Å²) in [5.41, 5.74) is 4.77. The van der Waals surface area contributed by atoms with E-state index in [2.05, 4.69) is 25.4 Å². The van der Waals surface area contributed by atoms with Crippen LogP contribution >= 0.6 is 0 Å². The first-order chi connectivity index (χ1) is 12.5. The molecule has 0 bridgehead atoms. The van der Waals surface area contributed by atoms with Gasteiger partial charge in [0, 0.05) is 11.1 Å². The molecule has 1 heterocycles. The summed E-state index contributed by atoms with van der Waals surface area (Å²) in [5, 5.41) is 23.0. The predicted octanol–water partition coefficient (Wildman–Crippen LogP) is 1.15. The zero-order valence-electron chi connectivity index (χ0n) is 13.0. The lowest BCUT2D eigenvalue weighted by Gasteiger charge is -2.11. The highest BCUT2D eigenvalue weighted by Crippen LogP contribution is 2.44. The van der Waals surface area contributed by atoms with Crippen molar-refractivity contribution in [2.75, 3.05) is 5.73 Å². The second-order valence-corrected chi connectivity index (χ2v) is 7.95. The van der Waals surface area contributed by atoms with Gasteiger partial charge >= 0.3 is 0 Å². The van der Waals surface area contributed by atoms with Gasteiger partial charge in [0.05, 0.1) is 4.90 Å². The third kappa shape index (κ3) is 3.56. The highest BCUT2D eigenvalue weighted by atomic mass is 32.2. The number of phenolic OH excluding ortho intramolecular Hbond substituents is 1. The number of phenols is 1. The van der Waals surface area contributed by atoms with Crippen LogP contribution in [0.1, 0.15) is 0 Å². The van der Waals surface area contributed by atoms with Gasteiger partial charge in [-0.15, -0.1) is 10.2 Å². The summed E-state index contributed by atoms with van der Waals surface area (Å²) in [5.74, 6) is -0.909. The molecule has 13 nitrogen and oxygen atoms in total. The SMILES string of the molecule is Nc1cc(S(=O)(=O)O)cc2cc(S(=O)(=O)O)c(N=Nc3ncn[nH]3)c(O)c12. The van der Waals surface area contributed by atoms with E-state index >= 15 is 0 Å². The van der Waals surface area contributed by atoms with E-state index in [0.29, 0.717) is 0 Å². The molecule has 0 spiro atoms. The fraction of sp³-hybridized carbons (Fsp3) is 0. The van der Waals surface area contributed by atoms with Crippen LogP contribution in [0, 0.1) is 0 Å². The number of aromatic nitrogens is 3. The number of benzene rings is 2. The number of fused-ring (bicyclic) bond motifs is 1. The third-order valence-electron chi connectivity index (χ3n) is 3.38. The number of azo groups is 1. The van der Waals surface area contributed by atoms with Gasteiger partial charge in [-0.3, -0.25) is 9.11 Å². The molecule has 3 rings (SSSR count). The van der Waals surface area contributed by atoms with Gasteiger partial charge in [-0.25, -0.2) is 5.10 Å². The molecule has 0 saturated carbocycles. The number of rotatable bonds is 4. The molecular weight excluding hydrogens is 404 g/mol. The monoisotopic (exact) mass is 414 g/mol. The molecule has 0 aliphatic rings. The number of aromatic amines is 1. The molecule has 3 aromatic rings. The second-order valence-electron chi connectivity index (χ2n) is 5.14. The summed E-state index contributed by atoms with van der Waals surface area (Å²) in [4.78, 5) is 2.12. The molecule has 0 fully saturated rings. The summed E-state index contributed by atoms with van der Waals surface area (Å²) < 4.78 is 64.6. The smallest absolute Gasteiger partial charge is 0.296 e. The first-order valence-corrected chi connectivity index (χ1v) is 9.68. The zero-order valence-corrected chi connectivity index (χ0v) is 14.6. The first kappa shape index (κ1) is 18.6.